The fourth-order valence-electron chi connectivity index (χ4n) is 2.61. The van der Waals surface area contributed by atoms with E-state index in [2.05, 4.69) is 28.2 Å². The first-order valence-corrected chi connectivity index (χ1v) is 10.3. The van der Waals surface area contributed by atoms with E-state index >= 15 is 0 Å². The van der Waals surface area contributed by atoms with E-state index < -0.39 is 27.0 Å². The first kappa shape index (κ1) is 22.2. The van der Waals surface area contributed by atoms with E-state index in [4.69, 9.17) is 0 Å². The maximum atomic E-state index is 12.5. The van der Waals surface area contributed by atoms with Crippen molar-refractivity contribution < 1.29 is 26.3 Å². The summed E-state index contributed by atoms with van der Waals surface area (Å²) in [5.41, 5.74) is 1.79. The van der Waals surface area contributed by atoms with Crippen LogP contribution in [0.25, 0.3) is 0 Å². The molecule has 9 heteroatoms. The Morgan fingerprint density at radius 3 is 2.11 bits per heavy atom. The molecule has 2 aromatic carbocycles. The standard InChI is InChI=1S/C19H23F3N2O3S/c1-3-24(4-2)14-16-11-9-15(10-12-16)13-23-28(25,26)18-8-6-5-7-17(18)27-19(20,21)22/h5-12,23H,3-4,13-14H2,1-2H3. The summed E-state index contributed by atoms with van der Waals surface area (Å²) in [6.07, 6.45) is -4.98. The number of ether oxygens (including phenoxy) is 1. The number of alkyl halides is 3. The molecule has 0 spiro atoms. The molecule has 0 aliphatic heterocycles. The third-order valence-electron chi connectivity index (χ3n) is 4.15. The molecule has 154 valence electrons. The van der Waals surface area contributed by atoms with Gasteiger partial charge in [-0.2, -0.15) is 0 Å². The van der Waals surface area contributed by atoms with Gasteiger partial charge in [-0.15, -0.1) is 13.2 Å². The average molecular weight is 416 g/mol. The van der Waals surface area contributed by atoms with Crippen molar-refractivity contribution in [1.82, 2.24) is 9.62 Å². The number of rotatable bonds is 9. The monoisotopic (exact) mass is 416 g/mol. The lowest BCUT2D eigenvalue weighted by molar-refractivity contribution is -0.275. The maximum absolute atomic E-state index is 12.5. The fourth-order valence-corrected chi connectivity index (χ4v) is 3.75. The number of sulfonamides is 1. The Labute approximate surface area is 163 Å². The second kappa shape index (κ2) is 9.40. The van der Waals surface area contributed by atoms with Crippen molar-refractivity contribution in [3.8, 4) is 5.75 Å². The summed E-state index contributed by atoms with van der Waals surface area (Å²) in [7, 11) is -4.18. The first-order chi connectivity index (χ1) is 13.1. The van der Waals surface area contributed by atoms with Gasteiger partial charge in [0.2, 0.25) is 10.0 Å². The molecular weight excluding hydrogens is 393 g/mol. The zero-order valence-electron chi connectivity index (χ0n) is 15.7. The van der Waals surface area contributed by atoms with Gasteiger partial charge in [0, 0.05) is 13.1 Å². The highest BCUT2D eigenvalue weighted by atomic mass is 32.2. The number of nitrogens with zero attached hydrogens (tertiary/aromatic N) is 1. The number of nitrogens with one attached hydrogen (secondary N) is 1. The molecule has 0 amide bonds. The van der Waals surface area contributed by atoms with Crippen LogP contribution in [0.2, 0.25) is 0 Å². The van der Waals surface area contributed by atoms with E-state index in [-0.39, 0.29) is 6.54 Å². The predicted molar refractivity (Wildman–Crippen MR) is 100 cm³/mol. The number of para-hydroxylation sites is 1. The van der Waals surface area contributed by atoms with Crippen LogP contribution in [0.5, 0.6) is 5.75 Å². The van der Waals surface area contributed by atoms with Crippen LogP contribution in [0.4, 0.5) is 13.2 Å². The SMILES string of the molecule is CCN(CC)Cc1ccc(CNS(=O)(=O)c2ccccc2OC(F)(F)F)cc1. The largest absolute Gasteiger partial charge is 0.573 e. The molecule has 0 bridgehead atoms. The molecule has 28 heavy (non-hydrogen) atoms. The summed E-state index contributed by atoms with van der Waals surface area (Å²) >= 11 is 0. The topological polar surface area (TPSA) is 58.6 Å². The van der Waals surface area contributed by atoms with Crippen molar-refractivity contribution in [1.29, 1.82) is 0 Å². The molecule has 0 aromatic heterocycles. The summed E-state index contributed by atoms with van der Waals surface area (Å²) in [6, 6.07) is 12.0. The summed E-state index contributed by atoms with van der Waals surface area (Å²) in [6.45, 7) is 6.75. The average Bonchev–Trinajstić information content (AvgIpc) is 2.64. The third kappa shape index (κ3) is 6.50. The Kier molecular flexibility index (Phi) is 7.45. The fraction of sp³-hybridized carbons (Fsp3) is 0.368. The van der Waals surface area contributed by atoms with Crippen LogP contribution in [-0.4, -0.2) is 32.8 Å². The molecule has 5 nitrogen and oxygen atoms in total. The molecule has 2 rings (SSSR count). The summed E-state index contributed by atoms with van der Waals surface area (Å²) in [5.74, 6) is -0.767. The quantitative estimate of drug-likeness (QED) is 0.674. The van der Waals surface area contributed by atoms with E-state index in [0.717, 1.165) is 37.3 Å². The van der Waals surface area contributed by atoms with Crippen molar-refractivity contribution in [3.05, 3.63) is 59.7 Å². The van der Waals surface area contributed by atoms with Gasteiger partial charge < -0.3 is 4.74 Å². The molecule has 0 saturated carbocycles. The zero-order valence-corrected chi connectivity index (χ0v) is 16.5. The Hall–Kier alpha value is -2.10. The van der Waals surface area contributed by atoms with Crippen molar-refractivity contribution in [3.63, 3.8) is 0 Å². The second-order valence-electron chi connectivity index (χ2n) is 6.10. The van der Waals surface area contributed by atoms with Crippen LogP contribution in [-0.2, 0) is 23.1 Å². The van der Waals surface area contributed by atoms with E-state index in [1.54, 1.807) is 12.1 Å². The molecule has 2 aromatic rings. The molecular formula is C19H23F3N2O3S. The molecule has 0 fully saturated rings. The van der Waals surface area contributed by atoms with Crippen LogP contribution in [0.15, 0.2) is 53.4 Å². The van der Waals surface area contributed by atoms with Crippen LogP contribution >= 0.6 is 0 Å². The van der Waals surface area contributed by atoms with Crippen molar-refractivity contribution in [2.24, 2.45) is 0 Å². The smallest absolute Gasteiger partial charge is 0.404 e. The summed E-state index contributed by atoms with van der Waals surface area (Å²) in [4.78, 5) is 1.68. The lowest BCUT2D eigenvalue weighted by Gasteiger charge is -2.18. The van der Waals surface area contributed by atoms with E-state index in [1.165, 1.54) is 12.1 Å². The van der Waals surface area contributed by atoms with Crippen LogP contribution in [0, 0.1) is 0 Å². The van der Waals surface area contributed by atoms with Gasteiger partial charge in [0.25, 0.3) is 0 Å². The minimum absolute atomic E-state index is 0.0474. The Morgan fingerprint density at radius 2 is 1.54 bits per heavy atom. The predicted octanol–water partition coefficient (Wildman–Crippen LogP) is 3.91. The Bertz CT molecular complexity index is 865. The third-order valence-corrected chi connectivity index (χ3v) is 5.59. The lowest BCUT2D eigenvalue weighted by Crippen LogP contribution is -2.25. The molecule has 0 radical (unpaired) electrons. The molecule has 0 unspecified atom stereocenters. The van der Waals surface area contributed by atoms with E-state index in [0.29, 0.717) is 5.56 Å². The molecule has 0 saturated heterocycles. The van der Waals surface area contributed by atoms with Gasteiger partial charge in [0.15, 0.2) is 0 Å². The van der Waals surface area contributed by atoms with Gasteiger partial charge in [0.05, 0.1) is 0 Å². The van der Waals surface area contributed by atoms with Crippen molar-refractivity contribution in [2.45, 2.75) is 38.2 Å². The molecule has 0 heterocycles. The number of halogens is 3. The highest BCUT2D eigenvalue weighted by Gasteiger charge is 2.33. The van der Waals surface area contributed by atoms with Gasteiger partial charge in [-0.25, -0.2) is 13.1 Å². The second-order valence-corrected chi connectivity index (χ2v) is 7.83. The van der Waals surface area contributed by atoms with Crippen molar-refractivity contribution >= 4 is 10.0 Å². The van der Waals surface area contributed by atoms with E-state index in [1.807, 2.05) is 12.1 Å². The van der Waals surface area contributed by atoms with Crippen LogP contribution in [0.1, 0.15) is 25.0 Å². The molecule has 0 aliphatic carbocycles. The van der Waals surface area contributed by atoms with E-state index in [9.17, 15) is 21.6 Å². The van der Waals surface area contributed by atoms with Crippen LogP contribution < -0.4 is 9.46 Å². The van der Waals surface area contributed by atoms with Crippen molar-refractivity contribution in [2.75, 3.05) is 13.1 Å². The summed E-state index contributed by atoms with van der Waals surface area (Å²) < 4.78 is 68.5. The number of benzene rings is 2. The van der Waals surface area contributed by atoms with Gasteiger partial charge >= 0.3 is 6.36 Å². The van der Waals surface area contributed by atoms with Gasteiger partial charge in [0.1, 0.15) is 10.6 Å². The zero-order chi connectivity index (χ0) is 20.8. The molecule has 0 aliphatic rings. The van der Waals surface area contributed by atoms with Gasteiger partial charge in [-0.3, -0.25) is 4.90 Å². The normalized spacial score (nSPS) is 12.4. The molecule has 0 atom stereocenters. The summed E-state index contributed by atoms with van der Waals surface area (Å²) in [5, 5.41) is 0. The minimum Gasteiger partial charge on any atom is -0.404 e. The van der Waals surface area contributed by atoms with Gasteiger partial charge in [-0.1, -0.05) is 50.2 Å². The van der Waals surface area contributed by atoms with Gasteiger partial charge in [-0.05, 0) is 36.3 Å². The number of hydrogen-bond acceptors (Lipinski definition) is 4. The minimum atomic E-state index is -4.98. The van der Waals surface area contributed by atoms with Crippen LogP contribution in [0.3, 0.4) is 0 Å². The Morgan fingerprint density at radius 1 is 0.964 bits per heavy atom. The Balaban J connectivity index is 2.08. The first-order valence-electron chi connectivity index (χ1n) is 8.79. The highest BCUT2D eigenvalue weighted by Crippen LogP contribution is 2.29. The number of hydrogen-bond donors (Lipinski definition) is 1. The lowest BCUT2D eigenvalue weighted by atomic mass is 10.1. The highest BCUT2D eigenvalue weighted by molar-refractivity contribution is 7.89. The maximum Gasteiger partial charge on any atom is 0.573 e. The molecule has 1 N–H and O–H groups in total.